The second-order valence-corrected chi connectivity index (χ2v) is 4.75. The highest BCUT2D eigenvalue weighted by molar-refractivity contribution is 6.32. The van der Waals surface area contributed by atoms with E-state index in [2.05, 4.69) is 5.16 Å². The van der Waals surface area contributed by atoms with E-state index in [0.717, 1.165) is 12.8 Å². The second kappa shape index (κ2) is 4.59. The van der Waals surface area contributed by atoms with Gasteiger partial charge in [-0.05, 0) is 31.0 Å². The molecule has 2 aromatic rings. The van der Waals surface area contributed by atoms with Crippen LogP contribution in [-0.2, 0) is 0 Å². The zero-order valence-electron chi connectivity index (χ0n) is 9.80. The van der Waals surface area contributed by atoms with Crippen molar-refractivity contribution in [3.8, 4) is 17.1 Å². The normalized spacial score (nSPS) is 14.4. The number of ether oxygens (including phenoxy) is 1. The van der Waals surface area contributed by atoms with Crippen LogP contribution in [0.3, 0.4) is 0 Å². The average Bonchev–Trinajstić information content (AvgIpc) is 3.05. The van der Waals surface area contributed by atoms with E-state index in [1.165, 1.54) is 6.07 Å². The van der Waals surface area contributed by atoms with E-state index < -0.39 is 5.97 Å². The number of carbonyl (C=O) groups is 1. The van der Waals surface area contributed by atoms with Gasteiger partial charge in [-0.15, -0.1) is 0 Å². The number of rotatable bonds is 4. The molecule has 5 nitrogen and oxygen atoms in total. The number of hydrogen-bond acceptors (Lipinski definition) is 4. The monoisotopic (exact) mass is 279 g/mol. The van der Waals surface area contributed by atoms with E-state index in [-0.39, 0.29) is 11.8 Å². The molecule has 19 heavy (non-hydrogen) atoms. The zero-order chi connectivity index (χ0) is 13.4. The van der Waals surface area contributed by atoms with Crippen LogP contribution < -0.4 is 4.74 Å². The summed E-state index contributed by atoms with van der Waals surface area (Å²) in [4.78, 5) is 10.7. The van der Waals surface area contributed by atoms with Crippen molar-refractivity contribution in [2.45, 2.75) is 18.9 Å². The minimum absolute atomic E-state index is 0.135. The Balaban J connectivity index is 1.87. The molecule has 6 heteroatoms. The zero-order valence-corrected chi connectivity index (χ0v) is 10.6. The largest absolute Gasteiger partial charge is 0.489 e. The van der Waals surface area contributed by atoms with Crippen molar-refractivity contribution in [1.29, 1.82) is 0 Å². The molecular formula is C13H10ClNO4. The van der Waals surface area contributed by atoms with Gasteiger partial charge in [-0.1, -0.05) is 16.8 Å². The van der Waals surface area contributed by atoms with Gasteiger partial charge in [0.2, 0.25) is 0 Å². The summed E-state index contributed by atoms with van der Waals surface area (Å²) in [5.74, 6) is -0.141. The maximum absolute atomic E-state index is 10.7. The first-order valence-corrected chi connectivity index (χ1v) is 6.18. The molecule has 0 aliphatic heterocycles. The highest BCUT2D eigenvalue weighted by Gasteiger charge is 2.24. The number of halogens is 1. The molecule has 98 valence electrons. The van der Waals surface area contributed by atoms with Crippen molar-refractivity contribution in [2.24, 2.45) is 0 Å². The Labute approximate surface area is 113 Å². The van der Waals surface area contributed by atoms with Crippen LogP contribution in [-0.4, -0.2) is 22.3 Å². The first-order valence-electron chi connectivity index (χ1n) is 5.80. The summed E-state index contributed by atoms with van der Waals surface area (Å²) in [5, 5.41) is 12.7. The molecule has 1 saturated carbocycles. The third-order valence-electron chi connectivity index (χ3n) is 2.76. The SMILES string of the molecule is O=C(O)c1cc(-c2ccc(OC3CC3)c(Cl)c2)on1. The van der Waals surface area contributed by atoms with Crippen molar-refractivity contribution in [2.75, 3.05) is 0 Å². The van der Waals surface area contributed by atoms with Gasteiger partial charge in [0.1, 0.15) is 5.75 Å². The van der Waals surface area contributed by atoms with Gasteiger partial charge in [-0.2, -0.15) is 0 Å². The van der Waals surface area contributed by atoms with Gasteiger partial charge in [0.25, 0.3) is 0 Å². The number of carboxylic acids is 1. The highest BCUT2D eigenvalue weighted by Crippen LogP contribution is 2.34. The average molecular weight is 280 g/mol. The van der Waals surface area contributed by atoms with E-state index >= 15 is 0 Å². The van der Waals surface area contributed by atoms with Crippen LogP contribution in [0.1, 0.15) is 23.3 Å². The number of hydrogen-bond donors (Lipinski definition) is 1. The molecule has 1 heterocycles. The predicted octanol–water partition coefficient (Wildman–Crippen LogP) is 3.23. The van der Waals surface area contributed by atoms with E-state index in [0.29, 0.717) is 22.1 Å². The van der Waals surface area contributed by atoms with E-state index in [1.807, 2.05) is 0 Å². The Morgan fingerprint density at radius 1 is 1.42 bits per heavy atom. The lowest BCUT2D eigenvalue weighted by molar-refractivity contribution is 0.0686. The van der Waals surface area contributed by atoms with E-state index in [9.17, 15) is 4.79 Å². The molecule has 1 aliphatic carbocycles. The smallest absolute Gasteiger partial charge is 0.358 e. The molecule has 0 spiro atoms. The Bertz CT molecular complexity index is 633. The van der Waals surface area contributed by atoms with Crippen LogP contribution in [0.5, 0.6) is 5.75 Å². The molecule has 1 N–H and O–H groups in total. The van der Waals surface area contributed by atoms with Crippen molar-refractivity contribution < 1.29 is 19.2 Å². The van der Waals surface area contributed by atoms with Gasteiger partial charge in [-0.3, -0.25) is 0 Å². The van der Waals surface area contributed by atoms with Gasteiger partial charge in [0.05, 0.1) is 11.1 Å². The molecule has 1 aromatic heterocycles. The van der Waals surface area contributed by atoms with Crippen LogP contribution >= 0.6 is 11.6 Å². The molecule has 1 fully saturated rings. The fourth-order valence-corrected chi connectivity index (χ4v) is 1.85. The van der Waals surface area contributed by atoms with Gasteiger partial charge < -0.3 is 14.4 Å². The molecule has 0 atom stereocenters. The minimum atomic E-state index is -1.13. The standard InChI is InChI=1S/C13H10ClNO4/c14-9-5-7(1-4-11(9)18-8-2-3-8)12-6-10(13(16)17)15-19-12/h1,4-6,8H,2-3H2,(H,16,17). The third-order valence-corrected chi connectivity index (χ3v) is 3.06. The van der Waals surface area contributed by atoms with Crippen LogP contribution in [0.2, 0.25) is 5.02 Å². The fraction of sp³-hybridized carbons (Fsp3) is 0.231. The number of aromatic carboxylic acids is 1. The Hall–Kier alpha value is -2.01. The lowest BCUT2D eigenvalue weighted by atomic mass is 10.1. The fourth-order valence-electron chi connectivity index (χ4n) is 1.63. The topological polar surface area (TPSA) is 72.6 Å². The van der Waals surface area contributed by atoms with Crippen molar-refractivity contribution in [1.82, 2.24) is 5.16 Å². The Morgan fingerprint density at radius 2 is 2.21 bits per heavy atom. The summed E-state index contributed by atoms with van der Waals surface area (Å²) < 4.78 is 10.6. The molecular weight excluding hydrogens is 270 g/mol. The lowest BCUT2D eigenvalue weighted by Gasteiger charge is -2.07. The van der Waals surface area contributed by atoms with Crippen molar-refractivity contribution in [3.63, 3.8) is 0 Å². The van der Waals surface area contributed by atoms with Crippen LogP contribution in [0.4, 0.5) is 0 Å². The van der Waals surface area contributed by atoms with Crippen LogP contribution in [0.25, 0.3) is 11.3 Å². The summed E-state index contributed by atoms with van der Waals surface area (Å²) in [7, 11) is 0. The van der Waals surface area contributed by atoms with Crippen molar-refractivity contribution >= 4 is 17.6 Å². The Kier molecular flexibility index (Phi) is 2.91. The maximum atomic E-state index is 10.7. The molecule has 0 amide bonds. The number of aromatic nitrogens is 1. The summed E-state index contributed by atoms with van der Waals surface area (Å²) in [6.45, 7) is 0. The number of carboxylic acid groups (broad SMARTS) is 1. The summed E-state index contributed by atoms with van der Waals surface area (Å²) in [6.07, 6.45) is 2.39. The summed E-state index contributed by atoms with van der Waals surface area (Å²) in [5.41, 5.74) is 0.526. The third kappa shape index (κ3) is 2.56. The summed E-state index contributed by atoms with van der Waals surface area (Å²) in [6, 6.07) is 6.54. The lowest BCUT2D eigenvalue weighted by Crippen LogP contribution is -1.96. The quantitative estimate of drug-likeness (QED) is 0.930. The van der Waals surface area contributed by atoms with Crippen molar-refractivity contribution in [3.05, 3.63) is 35.0 Å². The van der Waals surface area contributed by atoms with Gasteiger partial charge >= 0.3 is 5.97 Å². The van der Waals surface area contributed by atoms with Crippen LogP contribution in [0.15, 0.2) is 28.8 Å². The molecule has 0 saturated heterocycles. The molecule has 0 radical (unpaired) electrons. The highest BCUT2D eigenvalue weighted by atomic mass is 35.5. The molecule has 1 aromatic carbocycles. The second-order valence-electron chi connectivity index (χ2n) is 4.34. The molecule has 0 bridgehead atoms. The first-order chi connectivity index (χ1) is 9.13. The van der Waals surface area contributed by atoms with Crippen LogP contribution in [0, 0.1) is 0 Å². The predicted molar refractivity (Wildman–Crippen MR) is 67.6 cm³/mol. The summed E-state index contributed by atoms with van der Waals surface area (Å²) >= 11 is 6.12. The van der Waals surface area contributed by atoms with Gasteiger partial charge in [0.15, 0.2) is 11.5 Å². The maximum Gasteiger partial charge on any atom is 0.358 e. The number of benzene rings is 1. The molecule has 1 aliphatic rings. The van der Waals surface area contributed by atoms with E-state index in [1.54, 1.807) is 18.2 Å². The molecule has 3 rings (SSSR count). The Morgan fingerprint density at radius 3 is 2.79 bits per heavy atom. The van der Waals surface area contributed by atoms with Gasteiger partial charge in [-0.25, -0.2) is 4.79 Å². The first kappa shape index (κ1) is 12.0. The minimum Gasteiger partial charge on any atom is -0.489 e. The van der Waals surface area contributed by atoms with Gasteiger partial charge in [0, 0.05) is 11.6 Å². The molecule has 0 unspecified atom stereocenters. The van der Waals surface area contributed by atoms with E-state index in [4.69, 9.17) is 26.0 Å². The number of nitrogens with zero attached hydrogens (tertiary/aromatic N) is 1.